The summed E-state index contributed by atoms with van der Waals surface area (Å²) >= 11 is 5.76. The number of hydrogen-bond acceptors (Lipinski definition) is 3. The number of piperazine rings is 1. The van der Waals surface area contributed by atoms with Crippen molar-refractivity contribution < 1.29 is 0 Å². The van der Waals surface area contributed by atoms with Gasteiger partial charge in [-0.05, 0) is 0 Å². The van der Waals surface area contributed by atoms with E-state index in [9.17, 15) is 0 Å². The van der Waals surface area contributed by atoms with E-state index in [0.29, 0.717) is 0 Å². The molecule has 2 fully saturated rings. The van der Waals surface area contributed by atoms with Gasteiger partial charge in [0, 0.05) is 56.9 Å². The van der Waals surface area contributed by atoms with Crippen LogP contribution in [0.5, 0.6) is 0 Å². The number of halogens is 1. The smallest absolute Gasteiger partial charge is 0.0351 e. The minimum Gasteiger partial charge on any atom is -0.314 e. The van der Waals surface area contributed by atoms with Gasteiger partial charge in [-0.2, -0.15) is 0 Å². The third-order valence-corrected chi connectivity index (χ3v) is 3.12. The van der Waals surface area contributed by atoms with Crippen LogP contribution in [0.2, 0.25) is 0 Å². The molecule has 80 valence electrons. The molecule has 0 aromatic carbocycles. The summed E-state index contributed by atoms with van der Waals surface area (Å²) in [5.41, 5.74) is 0. The van der Waals surface area contributed by atoms with Crippen LogP contribution < -0.4 is 5.32 Å². The molecular weight excluding hydrogens is 198 g/mol. The summed E-state index contributed by atoms with van der Waals surface area (Å²) < 4.78 is 0. The highest BCUT2D eigenvalue weighted by Gasteiger charge is 2.31. The highest BCUT2D eigenvalue weighted by Crippen LogP contribution is 2.17. The lowest BCUT2D eigenvalue weighted by atomic mass is 10.1. The molecule has 2 aliphatic rings. The predicted molar refractivity (Wildman–Crippen MR) is 59.7 cm³/mol. The Morgan fingerprint density at radius 3 is 2.57 bits per heavy atom. The van der Waals surface area contributed by atoms with Crippen molar-refractivity contribution in [2.75, 3.05) is 45.8 Å². The van der Waals surface area contributed by atoms with E-state index in [1.165, 1.54) is 13.1 Å². The van der Waals surface area contributed by atoms with Gasteiger partial charge >= 0.3 is 0 Å². The van der Waals surface area contributed by atoms with Crippen LogP contribution in [0, 0.1) is 0 Å². The van der Waals surface area contributed by atoms with Gasteiger partial charge < -0.3 is 5.32 Å². The molecule has 0 amide bonds. The first kappa shape index (κ1) is 10.4. The van der Waals surface area contributed by atoms with Crippen molar-refractivity contribution in [3.05, 3.63) is 11.6 Å². The van der Waals surface area contributed by atoms with E-state index in [-0.39, 0.29) is 0 Å². The summed E-state index contributed by atoms with van der Waals surface area (Å²) in [7, 11) is 0. The lowest BCUT2D eigenvalue weighted by Crippen LogP contribution is -2.62. The zero-order chi connectivity index (χ0) is 9.97. The molecule has 2 saturated heterocycles. The maximum atomic E-state index is 5.76. The fraction of sp³-hybridized carbons (Fsp3) is 0.800. The summed E-state index contributed by atoms with van der Waals surface area (Å²) in [6.45, 7) is 11.5. The van der Waals surface area contributed by atoms with Gasteiger partial charge in [-0.15, -0.1) is 0 Å². The van der Waals surface area contributed by atoms with Gasteiger partial charge in [-0.3, -0.25) is 9.80 Å². The molecule has 4 heteroatoms. The van der Waals surface area contributed by atoms with Crippen LogP contribution in [-0.2, 0) is 0 Å². The van der Waals surface area contributed by atoms with Gasteiger partial charge in [-0.25, -0.2) is 0 Å². The van der Waals surface area contributed by atoms with Crippen LogP contribution in [0.1, 0.15) is 0 Å². The third kappa shape index (κ3) is 2.48. The Kier molecular flexibility index (Phi) is 3.44. The van der Waals surface area contributed by atoms with Crippen LogP contribution in [0.4, 0.5) is 0 Å². The second-order valence-electron chi connectivity index (χ2n) is 4.15. The first-order valence-corrected chi connectivity index (χ1v) is 5.64. The van der Waals surface area contributed by atoms with Crippen molar-refractivity contribution in [2.24, 2.45) is 0 Å². The Bertz CT molecular complexity index is 207. The maximum Gasteiger partial charge on any atom is 0.0351 e. The summed E-state index contributed by atoms with van der Waals surface area (Å²) in [5.74, 6) is 0. The molecule has 0 saturated carbocycles. The van der Waals surface area contributed by atoms with E-state index in [0.717, 1.165) is 43.8 Å². The van der Waals surface area contributed by atoms with Gasteiger partial charge in [0.15, 0.2) is 0 Å². The van der Waals surface area contributed by atoms with E-state index in [1.54, 1.807) is 0 Å². The minimum absolute atomic E-state index is 0.753. The third-order valence-electron chi connectivity index (χ3n) is 3.00. The molecule has 1 N–H and O–H groups in total. The van der Waals surface area contributed by atoms with E-state index >= 15 is 0 Å². The normalized spacial score (nSPS) is 26.1. The first-order chi connectivity index (χ1) is 6.75. The Hall–Kier alpha value is -0.0900. The Morgan fingerprint density at radius 1 is 1.36 bits per heavy atom. The molecule has 0 radical (unpaired) electrons. The van der Waals surface area contributed by atoms with Gasteiger partial charge in [0.05, 0.1) is 0 Å². The van der Waals surface area contributed by atoms with Crippen molar-refractivity contribution in [3.8, 4) is 0 Å². The van der Waals surface area contributed by atoms with Crippen molar-refractivity contribution in [2.45, 2.75) is 6.04 Å². The average molecular weight is 216 g/mol. The van der Waals surface area contributed by atoms with Crippen LogP contribution in [-0.4, -0.2) is 61.7 Å². The lowest BCUT2D eigenvalue weighted by molar-refractivity contribution is 0.0344. The van der Waals surface area contributed by atoms with Gasteiger partial charge in [-0.1, -0.05) is 18.2 Å². The van der Waals surface area contributed by atoms with Crippen molar-refractivity contribution in [1.82, 2.24) is 15.1 Å². The van der Waals surface area contributed by atoms with Crippen LogP contribution in [0.3, 0.4) is 0 Å². The minimum atomic E-state index is 0.753. The second kappa shape index (κ2) is 4.62. The Balaban J connectivity index is 1.68. The van der Waals surface area contributed by atoms with E-state index in [2.05, 4.69) is 21.7 Å². The van der Waals surface area contributed by atoms with E-state index < -0.39 is 0 Å². The molecule has 2 heterocycles. The van der Waals surface area contributed by atoms with Crippen molar-refractivity contribution in [1.29, 1.82) is 0 Å². The molecule has 0 spiro atoms. The summed E-state index contributed by atoms with van der Waals surface area (Å²) in [6, 6.07) is 0.758. The fourth-order valence-electron chi connectivity index (χ4n) is 2.19. The standard InChI is InChI=1S/C10H18ClN3/c1-9(11)6-13-7-10(8-13)14-4-2-12-3-5-14/h10,12H,1-8H2. The molecule has 0 atom stereocenters. The number of rotatable bonds is 3. The largest absolute Gasteiger partial charge is 0.314 e. The van der Waals surface area contributed by atoms with Gasteiger partial charge in [0.1, 0.15) is 0 Å². The molecule has 3 nitrogen and oxygen atoms in total. The number of likely N-dealkylation sites (tertiary alicyclic amines) is 1. The summed E-state index contributed by atoms with van der Waals surface area (Å²) in [4.78, 5) is 4.92. The molecule has 0 aromatic heterocycles. The van der Waals surface area contributed by atoms with Crippen molar-refractivity contribution in [3.63, 3.8) is 0 Å². The number of nitrogens with one attached hydrogen (secondary N) is 1. The quantitative estimate of drug-likeness (QED) is 0.732. The fourth-order valence-corrected chi connectivity index (χ4v) is 2.36. The Labute approximate surface area is 90.7 Å². The molecule has 0 aromatic rings. The summed E-state index contributed by atoms with van der Waals surface area (Å²) in [6.07, 6.45) is 0. The number of hydrogen-bond donors (Lipinski definition) is 1. The molecule has 2 rings (SSSR count). The lowest BCUT2D eigenvalue weighted by Gasteiger charge is -2.46. The monoisotopic (exact) mass is 215 g/mol. The number of nitrogens with zero attached hydrogens (tertiary/aromatic N) is 2. The summed E-state index contributed by atoms with van der Waals surface area (Å²) in [5, 5.41) is 4.12. The second-order valence-corrected chi connectivity index (χ2v) is 4.69. The van der Waals surface area contributed by atoms with Gasteiger partial charge in [0.2, 0.25) is 0 Å². The van der Waals surface area contributed by atoms with Crippen molar-refractivity contribution >= 4 is 11.6 Å². The first-order valence-electron chi connectivity index (χ1n) is 5.26. The topological polar surface area (TPSA) is 18.5 Å². The van der Waals surface area contributed by atoms with E-state index in [4.69, 9.17) is 11.6 Å². The van der Waals surface area contributed by atoms with Crippen LogP contribution in [0.25, 0.3) is 0 Å². The van der Waals surface area contributed by atoms with Crippen LogP contribution >= 0.6 is 11.6 Å². The maximum absolute atomic E-state index is 5.76. The zero-order valence-corrected chi connectivity index (χ0v) is 9.26. The molecule has 2 aliphatic heterocycles. The zero-order valence-electron chi connectivity index (χ0n) is 8.51. The molecular formula is C10H18ClN3. The molecule has 0 bridgehead atoms. The SMILES string of the molecule is C=C(Cl)CN1CC(N2CCNCC2)C1. The van der Waals surface area contributed by atoms with Crippen LogP contribution in [0.15, 0.2) is 11.6 Å². The highest BCUT2D eigenvalue weighted by molar-refractivity contribution is 6.29. The highest BCUT2D eigenvalue weighted by atomic mass is 35.5. The van der Waals surface area contributed by atoms with Gasteiger partial charge in [0.25, 0.3) is 0 Å². The Morgan fingerprint density at radius 2 is 2.00 bits per heavy atom. The molecule has 0 unspecified atom stereocenters. The molecule has 14 heavy (non-hydrogen) atoms. The average Bonchev–Trinajstić information content (AvgIpc) is 2.12. The van der Waals surface area contributed by atoms with E-state index in [1.807, 2.05) is 0 Å². The predicted octanol–water partition coefficient (Wildman–Crippen LogP) is 0.328. The molecule has 0 aliphatic carbocycles.